The van der Waals surface area contributed by atoms with E-state index in [1.165, 1.54) is 0 Å². The molecule has 0 amide bonds. The monoisotopic (exact) mass is 728 g/mol. The summed E-state index contributed by atoms with van der Waals surface area (Å²) in [6, 6.07) is -32.7. The highest BCUT2D eigenvalue weighted by Gasteiger charge is 2.53. The number of hydrogen-bond donors (Lipinski definition) is 0. The van der Waals surface area contributed by atoms with Gasteiger partial charge in [-0.2, -0.15) is 0 Å². The Kier molecular flexibility index (Phi) is 2.37. The van der Waals surface area contributed by atoms with Gasteiger partial charge in [0.25, 0.3) is 0 Å². The maximum absolute atomic E-state index is 10.6. The van der Waals surface area contributed by atoms with Gasteiger partial charge in [-0.3, -0.25) is 0 Å². The summed E-state index contributed by atoms with van der Waals surface area (Å²) in [7, 11) is 0. The van der Waals surface area contributed by atoms with E-state index < -0.39 is 315 Å². The second-order valence-electron chi connectivity index (χ2n) is 13.0. The fourth-order valence-corrected chi connectivity index (χ4v) is 8.67. The maximum atomic E-state index is 10.6. The zero-order valence-corrected chi connectivity index (χ0v) is 27.4. The molecule has 0 radical (unpaired) electrons. The summed E-state index contributed by atoms with van der Waals surface area (Å²) < 4.78 is 307. The van der Waals surface area contributed by atoms with Gasteiger partial charge in [0.1, 0.15) is 11.5 Å². The van der Waals surface area contributed by atoms with E-state index in [1.807, 2.05) is 0 Å². The Morgan fingerprint density at radius 3 is 1.49 bits per heavy atom. The molecule has 13 rings (SSSR count). The lowest BCUT2D eigenvalue weighted by Gasteiger charge is -2.39. The first kappa shape index (κ1) is 12.5. The Bertz CT molecular complexity index is 4920. The molecule has 0 fully saturated rings. The minimum Gasteiger partial charge on any atom is -0.457 e. The van der Waals surface area contributed by atoms with Crippen molar-refractivity contribution < 1.29 is 48.6 Å². The first-order valence-corrected chi connectivity index (χ1v) is 16.7. The lowest BCUT2D eigenvalue weighted by molar-refractivity contribution is 0.436. The van der Waals surface area contributed by atoms with Crippen LogP contribution in [0, 0.1) is 0 Å². The molecule has 1 atom stereocenters. The van der Waals surface area contributed by atoms with Gasteiger partial charge < -0.3 is 4.74 Å². The molecule has 254 valence electrons. The van der Waals surface area contributed by atoms with Crippen LogP contribution in [0.3, 0.4) is 0 Å². The standard InChI is InChI=1S/C54H32O/c1-2-14-36-33(13-1)26-29-47-52(36)41-18-6-10-22-45(41)54(47)44-21-9-5-17-39(44)40-28-25-34(31-48(40)54)35-27-30-51-49(32-35)53(46-23-11-12-24-50(46)55-51)42-19-7-3-15-37(42)38-16-4-8-20-43(38)53/h1-32H/i1D,2D,3D,4D,5D,6D,7D,8D,9D,10D,11D,12D,13D,14D,15D,16D,17D,18D,19D,20D,21D,22D,23D,24D,25D,26D,27D,28D,29D,30D,31D,32D. The van der Waals surface area contributed by atoms with Gasteiger partial charge in [0.05, 0.1) is 54.7 Å². The molecule has 1 unspecified atom stereocenters. The highest BCUT2D eigenvalue weighted by Crippen LogP contribution is 2.65. The summed E-state index contributed by atoms with van der Waals surface area (Å²) in [5.74, 6) is -1.86. The quantitative estimate of drug-likeness (QED) is 0.164. The minimum absolute atomic E-state index is 0.590. The molecular weight excluding hydrogens is 665 g/mol. The highest BCUT2D eigenvalue weighted by atomic mass is 16.5. The van der Waals surface area contributed by atoms with E-state index in [9.17, 15) is 26.0 Å². The van der Waals surface area contributed by atoms with Crippen LogP contribution in [0.4, 0.5) is 0 Å². The summed E-state index contributed by atoms with van der Waals surface area (Å²) in [6.07, 6.45) is 0. The maximum Gasteiger partial charge on any atom is 0.132 e. The summed E-state index contributed by atoms with van der Waals surface area (Å²) in [5, 5.41) is -1.25. The molecule has 0 bridgehead atoms. The molecule has 9 aromatic rings. The topological polar surface area (TPSA) is 9.23 Å². The number of hydrogen-bond acceptors (Lipinski definition) is 1. The van der Waals surface area contributed by atoms with Crippen molar-refractivity contribution in [1.29, 1.82) is 0 Å². The Morgan fingerprint density at radius 1 is 0.327 bits per heavy atom. The van der Waals surface area contributed by atoms with Crippen molar-refractivity contribution in [3.8, 4) is 56.0 Å². The normalized spacial score (nSPS) is 24.9. The van der Waals surface area contributed by atoms with Gasteiger partial charge in [0.15, 0.2) is 0 Å². The van der Waals surface area contributed by atoms with Gasteiger partial charge in [-0.15, -0.1) is 0 Å². The summed E-state index contributed by atoms with van der Waals surface area (Å²) in [5.41, 5.74) is -18.5. The van der Waals surface area contributed by atoms with Crippen LogP contribution in [-0.2, 0) is 10.8 Å². The van der Waals surface area contributed by atoms with Crippen LogP contribution >= 0.6 is 0 Å². The van der Waals surface area contributed by atoms with Crippen molar-refractivity contribution in [1.82, 2.24) is 0 Å². The van der Waals surface area contributed by atoms with Crippen LogP contribution in [0.15, 0.2) is 193 Å². The Hall–Kier alpha value is -6.96. The number of benzene rings is 9. The average molecular weight is 729 g/mol. The summed E-state index contributed by atoms with van der Waals surface area (Å²) >= 11 is 0. The van der Waals surface area contributed by atoms with Crippen molar-refractivity contribution in [3.63, 3.8) is 0 Å². The molecule has 2 spiro atoms. The molecule has 0 aromatic heterocycles. The van der Waals surface area contributed by atoms with Crippen LogP contribution in [0.1, 0.15) is 88.4 Å². The molecule has 1 heteroatoms. The largest absolute Gasteiger partial charge is 0.457 e. The van der Waals surface area contributed by atoms with Crippen molar-refractivity contribution in [2.45, 2.75) is 10.8 Å². The van der Waals surface area contributed by atoms with E-state index in [-0.39, 0.29) is 0 Å². The number of ether oxygens (including phenoxy) is 1. The fraction of sp³-hybridized carbons (Fsp3) is 0.0370. The van der Waals surface area contributed by atoms with Crippen molar-refractivity contribution in [3.05, 3.63) is 238 Å². The van der Waals surface area contributed by atoms with E-state index in [4.69, 9.17) is 22.6 Å². The molecular formula is C54H32O. The SMILES string of the molecule is [2H]c1c([2H])c([2H])c2c(c1[2H])Oc1c([2H])c([2H])c(-c3c([2H])c([2H])c4c(c3[2H])C3(c5c([2H])c([2H])c([2H])c([2H])c5-4)c4c([2H])c([2H])c([2H])c([2H])c4-c4c3c([2H])c([2H])c3c([2H])c([2H])c([2H])c([2H])c43)c([2H])c1C21c2c([2H])c([2H])c([2H])c([2H])c2-c2c([2H])c([2H])c([2H])c([2H])c21. The molecule has 0 N–H and O–H groups in total. The molecule has 9 aromatic carbocycles. The summed E-state index contributed by atoms with van der Waals surface area (Å²) in [6.45, 7) is 0. The fourth-order valence-electron chi connectivity index (χ4n) is 8.67. The number of rotatable bonds is 1. The van der Waals surface area contributed by atoms with Gasteiger partial charge in [-0.05, 0) is 113 Å². The van der Waals surface area contributed by atoms with Crippen LogP contribution in [0.2, 0.25) is 0 Å². The van der Waals surface area contributed by atoms with Gasteiger partial charge in [0, 0.05) is 11.1 Å². The Labute approximate surface area is 364 Å². The minimum atomic E-state index is -3.07. The molecule has 1 heterocycles. The van der Waals surface area contributed by atoms with Gasteiger partial charge in [-0.1, -0.05) is 169 Å². The third-order valence-electron chi connectivity index (χ3n) is 10.7. The van der Waals surface area contributed by atoms with E-state index >= 15 is 0 Å². The van der Waals surface area contributed by atoms with Crippen LogP contribution in [-0.4, -0.2) is 0 Å². The van der Waals surface area contributed by atoms with E-state index in [0.717, 1.165) is 0 Å². The second-order valence-corrected chi connectivity index (χ2v) is 13.0. The lowest BCUT2D eigenvalue weighted by atomic mass is 9.65. The lowest BCUT2D eigenvalue weighted by Crippen LogP contribution is -2.32. The van der Waals surface area contributed by atoms with Gasteiger partial charge in [0.2, 0.25) is 0 Å². The molecule has 4 aliphatic rings. The van der Waals surface area contributed by atoms with Crippen molar-refractivity contribution >= 4 is 10.8 Å². The Morgan fingerprint density at radius 2 is 0.800 bits per heavy atom. The van der Waals surface area contributed by atoms with Crippen LogP contribution in [0.5, 0.6) is 11.5 Å². The molecule has 55 heavy (non-hydrogen) atoms. The van der Waals surface area contributed by atoms with Crippen LogP contribution < -0.4 is 4.74 Å². The second kappa shape index (κ2) is 10.4. The van der Waals surface area contributed by atoms with Crippen LogP contribution in [0.25, 0.3) is 55.3 Å². The molecule has 0 saturated carbocycles. The van der Waals surface area contributed by atoms with Gasteiger partial charge >= 0.3 is 0 Å². The highest BCUT2D eigenvalue weighted by molar-refractivity contribution is 6.06. The third kappa shape index (κ3) is 3.46. The average Bonchev–Trinajstić information content (AvgIpc) is 1.52. The molecule has 0 saturated heterocycles. The predicted molar refractivity (Wildman–Crippen MR) is 223 cm³/mol. The molecule has 3 aliphatic carbocycles. The molecule has 1 nitrogen and oxygen atoms in total. The third-order valence-corrected chi connectivity index (χ3v) is 10.7. The first-order chi connectivity index (χ1) is 40.6. The summed E-state index contributed by atoms with van der Waals surface area (Å²) in [4.78, 5) is 0. The predicted octanol–water partition coefficient (Wildman–Crippen LogP) is 13.3. The van der Waals surface area contributed by atoms with Crippen molar-refractivity contribution in [2.24, 2.45) is 0 Å². The van der Waals surface area contributed by atoms with E-state index in [1.54, 1.807) is 0 Å². The zero-order valence-electron chi connectivity index (χ0n) is 59.4. The smallest absolute Gasteiger partial charge is 0.132 e. The number of para-hydroxylation sites is 1. The number of fused-ring (bicyclic) bond motifs is 21. The van der Waals surface area contributed by atoms with Crippen molar-refractivity contribution in [2.75, 3.05) is 0 Å². The van der Waals surface area contributed by atoms with E-state index in [2.05, 4.69) is 0 Å². The Balaban J connectivity index is 1.30. The molecule has 1 aliphatic heterocycles. The first-order valence-electron chi connectivity index (χ1n) is 32.7. The zero-order chi connectivity index (χ0) is 63.7. The van der Waals surface area contributed by atoms with E-state index in [0.29, 0.717) is 0 Å². The van der Waals surface area contributed by atoms with Gasteiger partial charge in [-0.25, -0.2) is 0 Å².